The average molecular weight is 604 g/mol. The molecule has 2 aromatic carbocycles. The Bertz CT molecular complexity index is 1280. The Hall–Kier alpha value is -2.83. The average Bonchev–Trinajstić information content (AvgIpc) is 2.94. The number of hydrogen-bond donors (Lipinski definition) is 1. The fraction of sp³-hybridized carbons (Fsp3) is 0.433. The molecule has 1 N–H and O–H groups in total. The third kappa shape index (κ3) is 10.5. The maximum absolute atomic E-state index is 13.2. The van der Waals surface area contributed by atoms with E-state index in [1.165, 1.54) is 0 Å². The first kappa shape index (κ1) is 32.7. The molecule has 2 atom stereocenters. The highest BCUT2D eigenvalue weighted by Gasteiger charge is 2.31. The van der Waals surface area contributed by atoms with Crippen LogP contribution in [0.5, 0.6) is 11.5 Å². The van der Waals surface area contributed by atoms with Crippen molar-refractivity contribution in [3.8, 4) is 11.5 Å². The molecule has 1 aromatic heterocycles. The van der Waals surface area contributed by atoms with Gasteiger partial charge < -0.3 is 18.9 Å². The van der Waals surface area contributed by atoms with Crippen LogP contribution in [0.25, 0.3) is 0 Å². The second-order valence-corrected chi connectivity index (χ2v) is 14.3. The van der Waals surface area contributed by atoms with Gasteiger partial charge in [-0.1, -0.05) is 30.3 Å². The number of methoxy groups -OCH3 is 2. The van der Waals surface area contributed by atoms with E-state index in [9.17, 15) is 13.0 Å². The minimum absolute atomic E-state index is 0.0379. The molecule has 3 aromatic rings. The molecule has 1 heterocycles. The van der Waals surface area contributed by atoms with Crippen LogP contribution in [0.15, 0.2) is 66.9 Å². The summed E-state index contributed by atoms with van der Waals surface area (Å²) in [6.07, 6.45) is 3.72. The summed E-state index contributed by atoms with van der Waals surface area (Å²) in [5, 5.41) is 0. The van der Waals surface area contributed by atoms with E-state index >= 15 is 0 Å². The first-order chi connectivity index (χ1) is 19.4. The van der Waals surface area contributed by atoms with Crippen molar-refractivity contribution in [1.82, 2.24) is 9.71 Å². The normalized spacial score (nSPS) is 13.4. The molecule has 41 heavy (non-hydrogen) atoms. The first-order valence-electron chi connectivity index (χ1n) is 13.4. The van der Waals surface area contributed by atoms with E-state index in [1.807, 2.05) is 81.4 Å². The Morgan fingerprint density at radius 3 is 1.95 bits per heavy atom. The van der Waals surface area contributed by atoms with Gasteiger partial charge in [0, 0.05) is 36.2 Å². The molecular formula is C30H41N3O6S2. The van der Waals surface area contributed by atoms with Crippen LogP contribution < -0.4 is 19.1 Å². The number of nitrogens with zero attached hydrogens (tertiary/aromatic N) is 2. The Morgan fingerprint density at radius 2 is 1.49 bits per heavy atom. The van der Waals surface area contributed by atoms with Crippen molar-refractivity contribution in [3.63, 3.8) is 0 Å². The van der Waals surface area contributed by atoms with Crippen molar-refractivity contribution in [3.05, 3.63) is 83.6 Å². The monoisotopic (exact) mass is 603 g/mol. The molecular weight excluding hydrogens is 562 g/mol. The molecule has 0 aliphatic heterocycles. The smallest absolute Gasteiger partial charge is 0.264 e. The molecule has 0 amide bonds. The van der Waals surface area contributed by atoms with Gasteiger partial charge in [0.25, 0.3) is 10.1 Å². The molecule has 0 radical (unpaired) electrons. The summed E-state index contributed by atoms with van der Waals surface area (Å²) in [5.41, 5.74) is 3.01. The predicted molar refractivity (Wildman–Crippen MR) is 164 cm³/mol. The standard InChI is InChI=1S/C30H41N3O6S2/c1-30(2,3)40(34)32-28(10-8-20-39-41(6,35)36)27-9-7-19-31-29(27)33(21-23-11-15-25(37-4)16-12-23)22-24-13-17-26(38-5)18-14-24/h7,9,11-19,28,32H,8,10,20-22H2,1-6H3/t28-,40?/m1/s1. The fourth-order valence-corrected chi connectivity index (χ4v) is 5.41. The van der Waals surface area contributed by atoms with E-state index in [0.717, 1.165) is 40.3 Å². The largest absolute Gasteiger partial charge is 0.598 e. The molecule has 0 saturated carbocycles. The van der Waals surface area contributed by atoms with Crippen LogP contribution in [0.2, 0.25) is 0 Å². The maximum Gasteiger partial charge on any atom is 0.264 e. The van der Waals surface area contributed by atoms with E-state index in [1.54, 1.807) is 20.4 Å². The van der Waals surface area contributed by atoms with Crippen LogP contribution in [-0.2, 0) is 38.8 Å². The lowest BCUT2D eigenvalue weighted by molar-refractivity contribution is 0.305. The summed E-state index contributed by atoms with van der Waals surface area (Å²) in [6, 6.07) is 19.3. The third-order valence-corrected chi connectivity index (χ3v) is 8.50. The van der Waals surface area contributed by atoms with E-state index < -0.39 is 26.2 Å². The van der Waals surface area contributed by atoms with Gasteiger partial charge in [-0.3, -0.25) is 4.18 Å². The molecule has 3 rings (SSSR count). The number of rotatable bonds is 15. The third-order valence-electron chi connectivity index (χ3n) is 6.30. The van der Waals surface area contributed by atoms with Crippen molar-refractivity contribution in [1.29, 1.82) is 0 Å². The molecule has 1 unspecified atom stereocenters. The Labute approximate surface area is 247 Å². The SMILES string of the molecule is COc1ccc(CN(Cc2ccc(OC)cc2)c2ncccc2[C@@H](CCCOS(C)(=O)=O)N[S+]([O-])C(C)(C)C)cc1. The van der Waals surface area contributed by atoms with Crippen molar-refractivity contribution >= 4 is 27.3 Å². The van der Waals surface area contributed by atoms with Crippen LogP contribution >= 0.6 is 0 Å². The van der Waals surface area contributed by atoms with Crippen molar-refractivity contribution in [2.45, 2.75) is 57.5 Å². The van der Waals surface area contributed by atoms with Gasteiger partial charge in [0.1, 0.15) is 22.1 Å². The van der Waals surface area contributed by atoms with Crippen LogP contribution in [0.4, 0.5) is 5.82 Å². The summed E-state index contributed by atoms with van der Waals surface area (Å²) in [7, 11) is -0.273. The zero-order valence-electron chi connectivity index (χ0n) is 24.6. The van der Waals surface area contributed by atoms with Crippen molar-refractivity contribution in [2.75, 3.05) is 32.0 Å². The van der Waals surface area contributed by atoms with Gasteiger partial charge in [0.15, 0.2) is 0 Å². The lowest BCUT2D eigenvalue weighted by Gasteiger charge is -2.31. The predicted octanol–water partition coefficient (Wildman–Crippen LogP) is 5.15. The van der Waals surface area contributed by atoms with E-state index in [4.69, 9.17) is 18.6 Å². The van der Waals surface area contributed by atoms with Crippen LogP contribution in [0.3, 0.4) is 0 Å². The molecule has 224 valence electrons. The van der Waals surface area contributed by atoms with Gasteiger partial charge in [0.2, 0.25) is 0 Å². The number of pyridine rings is 1. The van der Waals surface area contributed by atoms with Crippen LogP contribution in [-0.4, -0.2) is 49.8 Å². The number of nitrogens with one attached hydrogen (secondary N) is 1. The summed E-state index contributed by atoms with van der Waals surface area (Å²) in [5.74, 6) is 2.30. The maximum atomic E-state index is 13.2. The summed E-state index contributed by atoms with van der Waals surface area (Å²) < 4.78 is 54.7. The topological polar surface area (TPSA) is 113 Å². The highest BCUT2D eigenvalue weighted by molar-refractivity contribution is 7.90. The Kier molecular flexibility index (Phi) is 11.9. The molecule has 0 fully saturated rings. The van der Waals surface area contributed by atoms with Gasteiger partial charge in [-0.05, 0) is 75.1 Å². The molecule has 0 bridgehead atoms. The number of ether oxygens (including phenoxy) is 2. The molecule has 0 spiro atoms. The summed E-state index contributed by atoms with van der Waals surface area (Å²) >= 11 is -1.38. The van der Waals surface area contributed by atoms with Gasteiger partial charge in [-0.15, -0.1) is 4.72 Å². The van der Waals surface area contributed by atoms with E-state index in [2.05, 4.69) is 9.62 Å². The van der Waals surface area contributed by atoms with Crippen molar-refractivity contribution in [2.24, 2.45) is 0 Å². The van der Waals surface area contributed by atoms with Gasteiger partial charge in [0.05, 0.1) is 33.1 Å². The lowest BCUT2D eigenvalue weighted by atomic mass is 10.0. The van der Waals surface area contributed by atoms with Crippen LogP contribution in [0, 0.1) is 0 Å². The number of hydrogen-bond acceptors (Lipinski definition) is 9. The molecule has 11 heteroatoms. The van der Waals surface area contributed by atoms with Crippen molar-refractivity contribution < 1.29 is 26.6 Å². The molecule has 0 aliphatic rings. The Morgan fingerprint density at radius 1 is 0.951 bits per heavy atom. The van der Waals surface area contributed by atoms with E-state index in [-0.39, 0.29) is 12.6 Å². The second-order valence-electron chi connectivity index (χ2n) is 10.7. The summed E-state index contributed by atoms with van der Waals surface area (Å²) in [4.78, 5) is 6.99. The minimum Gasteiger partial charge on any atom is -0.598 e. The highest BCUT2D eigenvalue weighted by atomic mass is 32.2. The number of anilines is 1. The zero-order valence-corrected chi connectivity index (χ0v) is 26.3. The first-order valence-corrected chi connectivity index (χ1v) is 16.3. The quantitative estimate of drug-likeness (QED) is 0.143. The highest BCUT2D eigenvalue weighted by Crippen LogP contribution is 2.32. The fourth-order valence-electron chi connectivity index (χ4n) is 4.14. The lowest BCUT2D eigenvalue weighted by Crippen LogP contribution is -2.41. The second kappa shape index (κ2) is 14.9. The van der Waals surface area contributed by atoms with Gasteiger partial charge >= 0.3 is 0 Å². The number of benzene rings is 2. The van der Waals surface area contributed by atoms with Gasteiger partial charge in [-0.2, -0.15) is 8.42 Å². The molecule has 0 aliphatic carbocycles. The minimum atomic E-state index is -3.55. The number of aromatic nitrogens is 1. The van der Waals surface area contributed by atoms with E-state index in [0.29, 0.717) is 25.9 Å². The summed E-state index contributed by atoms with van der Waals surface area (Å²) in [6.45, 7) is 6.88. The van der Waals surface area contributed by atoms with Gasteiger partial charge in [-0.25, -0.2) is 4.98 Å². The molecule has 0 saturated heterocycles. The zero-order chi connectivity index (χ0) is 30.0. The van der Waals surface area contributed by atoms with Crippen LogP contribution in [0.1, 0.15) is 56.3 Å². The Balaban J connectivity index is 1.99. The molecule has 9 nitrogen and oxygen atoms in total.